The summed E-state index contributed by atoms with van der Waals surface area (Å²) >= 11 is 5.91. The first-order valence-corrected chi connectivity index (χ1v) is 6.30. The molecule has 2 rings (SSSR count). The fourth-order valence-electron chi connectivity index (χ4n) is 1.72. The van der Waals surface area contributed by atoms with Gasteiger partial charge in [0.2, 0.25) is 0 Å². The maximum atomic E-state index is 7.23. The minimum atomic E-state index is 0.160. The summed E-state index contributed by atoms with van der Waals surface area (Å²) in [5.74, 6) is 0.944. The number of rotatable bonds is 5. The van der Waals surface area contributed by atoms with E-state index in [1.807, 2.05) is 48.5 Å². The van der Waals surface area contributed by atoms with Crippen LogP contribution in [0.5, 0.6) is 5.75 Å². The molecule has 0 fully saturated rings. The number of halogens is 1. The van der Waals surface area contributed by atoms with E-state index in [2.05, 4.69) is 0 Å². The quantitative estimate of drug-likeness (QED) is 0.648. The third kappa shape index (κ3) is 4.30. The van der Waals surface area contributed by atoms with Gasteiger partial charge in [-0.25, -0.2) is 0 Å². The molecule has 3 nitrogen and oxygen atoms in total. The van der Waals surface area contributed by atoms with Gasteiger partial charge in [-0.15, -0.1) is 0 Å². The summed E-state index contributed by atoms with van der Waals surface area (Å²) in [4.78, 5) is 0. The molecule has 2 aromatic rings. The van der Waals surface area contributed by atoms with Crippen molar-refractivity contribution in [3.8, 4) is 5.75 Å². The Balaban J connectivity index is 1.94. The minimum absolute atomic E-state index is 0.160. The minimum Gasteiger partial charge on any atom is -0.489 e. The molecule has 0 atom stereocenters. The molecule has 2 aromatic carbocycles. The second-order valence-electron chi connectivity index (χ2n) is 4.26. The van der Waals surface area contributed by atoms with E-state index in [4.69, 9.17) is 27.5 Å². The topological polar surface area (TPSA) is 59.1 Å². The van der Waals surface area contributed by atoms with Crippen molar-refractivity contribution in [3.63, 3.8) is 0 Å². The number of ether oxygens (including phenoxy) is 1. The number of nitrogens with two attached hydrogens (primary N) is 1. The standard InChI is InChI=1S/C15H15ClN2O/c16-13-3-1-2-12(8-13)10-19-14-6-4-11(5-7-14)9-15(17)18/h1-8H,9-10H2,(H3,17,18). The zero-order chi connectivity index (χ0) is 13.7. The molecule has 0 aliphatic heterocycles. The van der Waals surface area contributed by atoms with Gasteiger partial charge in [0.25, 0.3) is 0 Å². The van der Waals surface area contributed by atoms with Gasteiger partial charge in [0.1, 0.15) is 12.4 Å². The Morgan fingerprint density at radius 1 is 1.11 bits per heavy atom. The summed E-state index contributed by atoms with van der Waals surface area (Å²) in [6.07, 6.45) is 0.467. The summed E-state index contributed by atoms with van der Waals surface area (Å²) in [6.45, 7) is 0.479. The van der Waals surface area contributed by atoms with Crippen LogP contribution in [0.15, 0.2) is 48.5 Å². The molecule has 4 heteroatoms. The third-order valence-electron chi connectivity index (χ3n) is 2.61. The Morgan fingerprint density at radius 2 is 1.84 bits per heavy atom. The van der Waals surface area contributed by atoms with Gasteiger partial charge in [-0.05, 0) is 35.4 Å². The molecule has 0 aliphatic rings. The Labute approximate surface area is 117 Å². The average Bonchev–Trinajstić information content (AvgIpc) is 2.37. The second-order valence-corrected chi connectivity index (χ2v) is 4.70. The van der Waals surface area contributed by atoms with Gasteiger partial charge in [-0.3, -0.25) is 5.41 Å². The Hall–Kier alpha value is -2.00. The van der Waals surface area contributed by atoms with Crippen LogP contribution in [0.4, 0.5) is 0 Å². The van der Waals surface area contributed by atoms with Crippen LogP contribution in [-0.2, 0) is 13.0 Å². The SMILES string of the molecule is N=C(N)Cc1ccc(OCc2cccc(Cl)c2)cc1. The van der Waals surface area contributed by atoms with Crippen LogP contribution < -0.4 is 10.5 Å². The highest BCUT2D eigenvalue weighted by Crippen LogP contribution is 2.16. The van der Waals surface area contributed by atoms with Crippen molar-refractivity contribution in [2.45, 2.75) is 13.0 Å². The molecule has 0 aliphatic carbocycles. The number of amidine groups is 1. The largest absolute Gasteiger partial charge is 0.489 e. The molecular weight excluding hydrogens is 260 g/mol. The Bertz CT molecular complexity index is 567. The van der Waals surface area contributed by atoms with E-state index in [0.29, 0.717) is 18.1 Å². The zero-order valence-electron chi connectivity index (χ0n) is 10.4. The molecule has 3 N–H and O–H groups in total. The highest BCUT2D eigenvalue weighted by Gasteiger charge is 1.99. The first-order chi connectivity index (χ1) is 9.13. The third-order valence-corrected chi connectivity index (χ3v) is 2.85. The van der Waals surface area contributed by atoms with Crippen molar-refractivity contribution in [2.24, 2.45) is 5.73 Å². The summed E-state index contributed by atoms with van der Waals surface area (Å²) in [6, 6.07) is 15.2. The van der Waals surface area contributed by atoms with Crippen molar-refractivity contribution in [3.05, 3.63) is 64.7 Å². The lowest BCUT2D eigenvalue weighted by atomic mass is 10.1. The van der Waals surface area contributed by atoms with E-state index in [1.54, 1.807) is 0 Å². The van der Waals surface area contributed by atoms with E-state index in [9.17, 15) is 0 Å². The molecule has 0 spiro atoms. The molecule has 98 valence electrons. The van der Waals surface area contributed by atoms with Crippen LogP contribution in [0.1, 0.15) is 11.1 Å². The smallest absolute Gasteiger partial charge is 0.119 e. The Kier molecular flexibility index (Phi) is 4.42. The lowest BCUT2D eigenvalue weighted by molar-refractivity contribution is 0.306. The summed E-state index contributed by atoms with van der Waals surface area (Å²) in [5.41, 5.74) is 7.38. The molecule has 0 saturated carbocycles. The number of nitrogens with one attached hydrogen (secondary N) is 1. The monoisotopic (exact) mass is 274 g/mol. The van der Waals surface area contributed by atoms with Gasteiger partial charge < -0.3 is 10.5 Å². The van der Waals surface area contributed by atoms with Crippen LogP contribution in [0.2, 0.25) is 5.02 Å². The second kappa shape index (κ2) is 6.25. The first kappa shape index (κ1) is 13.4. The summed E-state index contributed by atoms with van der Waals surface area (Å²) in [7, 11) is 0. The van der Waals surface area contributed by atoms with Crippen LogP contribution >= 0.6 is 11.6 Å². The van der Waals surface area contributed by atoms with Gasteiger partial charge in [-0.1, -0.05) is 35.9 Å². The highest BCUT2D eigenvalue weighted by molar-refractivity contribution is 6.30. The molecule has 19 heavy (non-hydrogen) atoms. The van der Waals surface area contributed by atoms with Gasteiger partial charge in [0, 0.05) is 11.4 Å². The van der Waals surface area contributed by atoms with Gasteiger partial charge >= 0.3 is 0 Å². The molecule has 0 bridgehead atoms. The molecule has 0 aromatic heterocycles. The normalized spacial score (nSPS) is 10.2. The predicted octanol–water partition coefficient (Wildman–Crippen LogP) is 3.40. The lowest BCUT2D eigenvalue weighted by Gasteiger charge is -2.07. The van der Waals surface area contributed by atoms with Gasteiger partial charge in [-0.2, -0.15) is 0 Å². The Morgan fingerprint density at radius 3 is 2.47 bits per heavy atom. The van der Waals surface area contributed by atoms with E-state index < -0.39 is 0 Å². The molecular formula is C15H15ClN2O. The van der Waals surface area contributed by atoms with Crippen LogP contribution in [0, 0.1) is 5.41 Å². The van der Waals surface area contributed by atoms with Gasteiger partial charge in [0.15, 0.2) is 0 Å². The van der Waals surface area contributed by atoms with Gasteiger partial charge in [0.05, 0.1) is 5.84 Å². The van der Waals surface area contributed by atoms with Crippen molar-refractivity contribution in [1.29, 1.82) is 5.41 Å². The fourth-order valence-corrected chi connectivity index (χ4v) is 1.93. The molecule has 0 saturated heterocycles. The van der Waals surface area contributed by atoms with Crippen LogP contribution in [0.25, 0.3) is 0 Å². The molecule has 0 radical (unpaired) electrons. The summed E-state index contributed by atoms with van der Waals surface area (Å²) < 4.78 is 5.66. The van der Waals surface area contributed by atoms with E-state index >= 15 is 0 Å². The first-order valence-electron chi connectivity index (χ1n) is 5.92. The summed E-state index contributed by atoms with van der Waals surface area (Å²) in [5, 5.41) is 7.94. The van der Waals surface area contributed by atoms with Crippen LogP contribution in [-0.4, -0.2) is 5.84 Å². The number of hydrogen-bond donors (Lipinski definition) is 2. The van der Waals surface area contributed by atoms with Crippen molar-refractivity contribution < 1.29 is 4.74 Å². The zero-order valence-corrected chi connectivity index (χ0v) is 11.2. The lowest BCUT2D eigenvalue weighted by Crippen LogP contribution is -2.12. The fraction of sp³-hybridized carbons (Fsp3) is 0.133. The highest BCUT2D eigenvalue weighted by atomic mass is 35.5. The maximum Gasteiger partial charge on any atom is 0.119 e. The van der Waals surface area contributed by atoms with Crippen molar-refractivity contribution in [1.82, 2.24) is 0 Å². The van der Waals surface area contributed by atoms with Crippen molar-refractivity contribution in [2.75, 3.05) is 0 Å². The van der Waals surface area contributed by atoms with E-state index in [0.717, 1.165) is 16.9 Å². The number of hydrogen-bond acceptors (Lipinski definition) is 2. The number of benzene rings is 2. The predicted molar refractivity (Wildman–Crippen MR) is 77.8 cm³/mol. The van der Waals surface area contributed by atoms with E-state index in [1.165, 1.54) is 0 Å². The van der Waals surface area contributed by atoms with E-state index in [-0.39, 0.29) is 5.84 Å². The molecule has 0 amide bonds. The van der Waals surface area contributed by atoms with Crippen LogP contribution in [0.3, 0.4) is 0 Å². The van der Waals surface area contributed by atoms with Crippen molar-refractivity contribution >= 4 is 17.4 Å². The molecule has 0 unspecified atom stereocenters. The maximum absolute atomic E-state index is 7.23. The average molecular weight is 275 g/mol. The molecule has 0 heterocycles.